The van der Waals surface area contributed by atoms with Crippen molar-refractivity contribution >= 4 is 6.21 Å². The highest BCUT2D eigenvalue weighted by Gasteiger charge is 2.10. The van der Waals surface area contributed by atoms with Crippen molar-refractivity contribution < 1.29 is 4.57 Å². The zero-order valence-electron chi connectivity index (χ0n) is 13.4. The second kappa shape index (κ2) is 9.97. The lowest BCUT2D eigenvalue weighted by molar-refractivity contribution is -0.671. The largest absolute Gasteiger partial charge is 0.391 e. The fourth-order valence-corrected chi connectivity index (χ4v) is 2.15. The first-order chi connectivity index (χ1) is 10.2. The monoisotopic (exact) mass is 289 g/mol. The summed E-state index contributed by atoms with van der Waals surface area (Å²) in [7, 11) is 1.98. The van der Waals surface area contributed by atoms with Gasteiger partial charge in [0, 0.05) is 6.54 Å². The van der Waals surface area contributed by atoms with Gasteiger partial charge in [0.2, 0.25) is 0 Å². The lowest BCUT2D eigenvalue weighted by Crippen LogP contribution is -2.31. The number of unbranched alkanes of at least 4 members (excludes halogenated alkanes) is 3. The van der Waals surface area contributed by atoms with Crippen LogP contribution in [0.15, 0.2) is 37.3 Å². The SMILES string of the molecule is C=CC(C)C=CNCCCCCCn1cc[n+](C)c1C=N. The summed E-state index contributed by atoms with van der Waals surface area (Å²) < 4.78 is 4.12. The summed E-state index contributed by atoms with van der Waals surface area (Å²) in [6.07, 6.45) is 16.4. The summed E-state index contributed by atoms with van der Waals surface area (Å²) in [5.41, 5.74) is 0. The maximum atomic E-state index is 7.41. The quantitative estimate of drug-likeness (QED) is 0.280. The Kier molecular flexibility index (Phi) is 8.17. The van der Waals surface area contributed by atoms with Gasteiger partial charge >= 0.3 is 0 Å². The van der Waals surface area contributed by atoms with Crippen LogP contribution in [-0.4, -0.2) is 17.3 Å². The molecule has 21 heavy (non-hydrogen) atoms. The molecule has 4 heteroatoms. The van der Waals surface area contributed by atoms with Crippen LogP contribution in [0.1, 0.15) is 38.4 Å². The highest BCUT2D eigenvalue weighted by atomic mass is 15.1. The van der Waals surface area contributed by atoms with E-state index in [2.05, 4.69) is 29.5 Å². The van der Waals surface area contributed by atoms with Crippen molar-refractivity contribution in [2.45, 2.75) is 39.2 Å². The Balaban J connectivity index is 2.06. The van der Waals surface area contributed by atoms with Gasteiger partial charge in [-0.15, -0.1) is 6.58 Å². The summed E-state index contributed by atoms with van der Waals surface area (Å²) in [4.78, 5) is 0. The topological polar surface area (TPSA) is 44.7 Å². The molecule has 0 aliphatic heterocycles. The predicted molar refractivity (Wildman–Crippen MR) is 88.5 cm³/mol. The molecule has 0 bridgehead atoms. The molecule has 0 aliphatic rings. The first-order valence-electron chi connectivity index (χ1n) is 7.77. The van der Waals surface area contributed by atoms with Crippen molar-refractivity contribution in [2.75, 3.05) is 6.54 Å². The van der Waals surface area contributed by atoms with Crippen LogP contribution in [0.3, 0.4) is 0 Å². The number of rotatable bonds is 11. The van der Waals surface area contributed by atoms with E-state index >= 15 is 0 Å². The molecule has 1 heterocycles. The van der Waals surface area contributed by atoms with Crippen LogP contribution in [-0.2, 0) is 13.6 Å². The normalized spacial score (nSPS) is 12.5. The molecule has 2 N–H and O–H groups in total. The van der Waals surface area contributed by atoms with Crippen molar-refractivity contribution in [3.63, 3.8) is 0 Å². The molecule has 0 saturated heterocycles. The molecule has 0 aromatic carbocycles. The first kappa shape index (κ1) is 17.2. The molecular formula is C17H29N4+. The van der Waals surface area contributed by atoms with Gasteiger partial charge in [-0.25, -0.2) is 9.13 Å². The molecule has 0 amide bonds. The first-order valence-corrected chi connectivity index (χ1v) is 7.77. The molecular weight excluding hydrogens is 260 g/mol. The number of hydrogen-bond donors (Lipinski definition) is 2. The van der Waals surface area contributed by atoms with Gasteiger partial charge in [0.15, 0.2) is 0 Å². The maximum Gasteiger partial charge on any atom is 0.299 e. The fourth-order valence-electron chi connectivity index (χ4n) is 2.15. The Hall–Kier alpha value is -1.84. The van der Waals surface area contributed by atoms with Crippen LogP contribution >= 0.6 is 0 Å². The van der Waals surface area contributed by atoms with E-state index in [1.165, 1.54) is 31.9 Å². The number of allylic oxidation sites excluding steroid dienone is 2. The van der Waals surface area contributed by atoms with Crippen molar-refractivity contribution in [2.24, 2.45) is 13.0 Å². The van der Waals surface area contributed by atoms with E-state index in [4.69, 9.17) is 5.41 Å². The highest BCUT2D eigenvalue weighted by Crippen LogP contribution is 2.03. The minimum absolute atomic E-state index is 0.434. The van der Waals surface area contributed by atoms with E-state index in [1.807, 2.05) is 36.3 Å². The molecule has 116 valence electrons. The van der Waals surface area contributed by atoms with E-state index in [-0.39, 0.29) is 0 Å². The van der Waals surface area contributed by atoms with Crippen LogP contribution in [0.2, 0.25) is 0 Å². The summed E-state index contributed by atoms with van der Waals surface area (Å²) >= 11 is 0. The summed E-state index contributed by atoms with van der Waals surface area (Å²) in [6.45, 7) is 7.90. The maximum absolute atomic E-state index is 7.41. The van der Waals surface area contributed by atoms with Crippen LogP contribution in [0, 0.1) is 11.3 Å². The van der Waals surface area contributed by atoms with Crippen LogP contribution in [0.5, 0.6) is 0 Å². The highest BCUT2D eigenvalue weighted by molar-refractivity contribution is 5.69. The molecule has 1 atom stereocenters. The molecule has 1 aromatic heterocycles. The fraction of sp³-hybridized carbons (Fsp3) is 0.529. The Morgan fingerprint density at radius 1 is 1.38 bits per heavy atom. The second-order valence-electron chi connectivity index (χ2n) is 5.43. The number of nitrogens with zero attached hydrogens (tertiary/aromatic N) is 2. The number of imidazole rings is 1. The average Bonchev–Trinajstić information content (AvgIpc) is 2.85. The number of nitrogens with one attached hydrogen (secondary N) is 2. The number of aryl methyl sites for hydroxylation is 2. The van der Waals surface area contributed by atoms with Gasteiger partial charge in [-0.3, -0.25) is 0 Å². The van der Waals surface area contributed by atoms with Gasteiger partial charge in [-0.1, -0.05) is 25.5 Å². The molecule has 0 fully saturated rings. The Labute approximate surface area is 128 Å². The Morgan fingerprint density at radius 2 is 2.14 bits per heavy atom. The molecule has 0 radical (unpaired) electrons. The van der Waals surface area contributed by atoms with E-state index < -0.39 is 0 Å². The van der Waals surface area contributed by atoms with Crippen molar-refractivity contribution in [3.05, 3.63) is 43.1 Å². The van der Waals surface area contributed by atoms with E-state index in [0.717, 1.165) is 18.9 Å². The minimum atomic E-state index is 0.434. The zero-order valence-corrected chi connectivity index (χ0v) is 13.4. The second-order valence-corrected chi connectivity index (χ2v) is 5.43. The van der Waals surface area contributed by atoms with Crippen LogP contribution in [0.4, 0.5) is 0 Å². The third kappa shape index (κ3) is 6.43. The predicted octanol–water partition coefficient (Wildman–Crippen LogP) is 2.80. The third-order valence-corrected chi connectivity index (χ3v) is 3.61. The van der Waals surface area contributed by atoms with Crippen molar-refractivity contribution in [1.82, 2.24) is 9.88 Å². The average molecular weight is 289 g/mol. The number of aromatic nitrogens is 2. The summed E-state index contributed by atoms with van der Waals surface area (Å²) in [5, 5.41) is 10.7. The standard InChI is InChI=1S/C17H29N4/c1-4-16(2)9-11-19-10-7-5-6-8-12-21-14-13-20(3)17(21)15-18/h4,9,11,13-16,18-19H,1,5-8,10,12H2,2-3H3/q+1. The lowest BCUT2D eigenvalue weighted by Gasteiger charge is -2.03. The Morgan fingerprint density at radius 3 is 2.86 bits per heavy atom. The van der Waals surface area contributed by atoms with Gasteiger partial charge in [0.1, 0.15) is 18.6 Å². The molecule has 1 rings (SSSR count). The van der Waals surface area contributed by atoms with E-state index in [9.17, 15) is 0 Å². The molecule has 1 unspecified atom stereocenters. The van der Waals surface area contributed by atoms with Crippen LogP contribution in [0.25, 0.3) is 0 Å². The third-order valence-electron chi connectivity index (χ3n) is 3.61. The molecule has 0 saturated carbocycles. The number of hydrogen-bond acceptors (Lipinski definition) is 2. The van der Waals surface area contributed by atoms with Crippen molar-refractivity contribution in [3.8, 4) is 0 Å². The molecule has 0 spiro atoms. The summed E-state index contributed by atoms with van der Waals surface area (Å²) in [5.74, 6) is 1.39. The zero-order chi connectivity index (χ0) is 15.5. The lowest BCUT2D eigenvalue weighted by atomic mass is 10.2. The van der Waals surface area contributed by atoms with Gasteiger partial charge in [0.25, 0.3) is 5.82 Å². The minimum Gasteiger partial charge on any atom is -0.391 e. The molecule has 1 aromatic rings. The smallest absolute Gasteiger partial charge is 0.299 e. The van der Waals surface area contributed by atoms with Crippen molar-refractivity contribution in [1.29, 1.82) is 5.41 Å². The molecule has 0 aliphatic carbocycles. The van der Waals surface area contributed by atoms with Gasteiger partial charge in [0.05, 0.1) is 13.6 Å². The van der Waals surface area contributed by atoms with Gasteiger partial charge in [-0.2, -0.15) is 0 Å². The molecule has 4 nitrogen and oxygen atoms in total. The van der Waals surface area contributed by atoms with E-state index in [1.54, 1.807) is 0 Å². The van der Waals surface area contributed by atoms with E-state index in [0.29, 0.717) is 5.92 Å². The summed E-state index contributed by atoms with van der Waals surface area (Å²) in [6, 6.07) is 0. The van der Waals surface area contributed by atoms with Gasteiger partial charge < -0.3 is 10.7 Å². The Bertz CT molecular complexity index is 459. The van der Waals surface area contributed by atoms with Crippen LogP contribution < -0.4 is 9.88 Å². The van der Waals surface area contributed by atoms with Gasteiger partial charge in [-0.05, 0) is 31.4 Å².